The fourth-order valence-electron chi connectivity index (χ4n) is 4.10. The van der Waals surface area contributed by atoms with Crippen LogP contribution in [0.15, 0.2) is 57.6 Å². The van der Waals surface area contributed by atoms with Crippen molar-refractivity contribution < 1.29 is 14.3 Å². The zero-order valence-corrected chi connectivity index (χ0v) is 20.4. The number of carboxylic acids is 1. The first kappa shape index (κ1) is 23.4. The highest BCUT2D eigenvalue weighted by atomic mass is 32.1. The molecule has 1 heterocycles. The Bertz CT molecular complexity index is 1540. The number of rotatable bonds is 5. The molecule has 1 N–H and O–H groups in total. The normalized spacial score (nSPS) is 13.5. The summed E-state index contributed by atoms with van der Waals surface area (Å²) in [4.78, 5) is 18.4. The van der Waals surface area contributed by atoms with E-state index in [2.05, 4.69) is 26.6 Å². The topological polar surface area (TPSA) is 69.0 Å². The number of carboxylic acid groups (broad SMARTS) is 1. The maximum Gasteiger partial charge on any atom is 0.336 e. The zero-order valence-electron chi connectivity index (χ0n) is 19.6. The summed E-state index contributed by atoms with van der Waals surface area (Å²) >= 11 is 4.78. The van der Waals surface area contributed by atoms with E-state index in [0.717, 1.165) is 33.9 Å². The lowest BCUT2D eigenvalue weighted by molar-refractivity contribution is 0.0697. The molecule has 0 saturated carbocycles. The number of thiocarbonyl (C=S) groups is 1. The average Bonchev–Trinajstić information content (AvgIpc) is 3.04. The molecule has 1 aromatic carbocycles. The predicted molar refractivity (Wildman–Crippen MR) is 139 cm³/mol. The lowest BCUT2D eigenvalue weighted by Crippen LogP contribution is -2.30. The summed E-state index contributed by atoms with van der Waals surface area (Å²) in [5, 5.41) is 14.2. The molecule has 1 aliphatic heterocycles. The molecule has 0 radical (unpaired) electrons. The third kappa shape index (κ3) is 4.36. The van der Waals surface area contributed by atoms with Crippen molar-refractivity contribution in [1.29, 1.82) is 0 Å². The molecule has 0 atom stereocenters. The molecule has 0 aromatic heterocycles. The van der Waals surface area contributed by atoms with Gasteiger partial charge in [-0.05, 0) is 67.2 Å². The number of isothiocyanates is 1. The molecule has 0 spiro atoms. The minimum absolute atomic E-state index is 0.183. The van der Waals surface area contributed by atoms with Gasteiger partial charge in [-0.3, -0.25) is 0 Å². The van der Waals surface area contributed by atoms with Crippen LogP contribution in [0.2, 0.25) is 0 Å². The first-order chi connectivity index (χ1) is 16.3. The number of allylic oxidation sites excluding steroid dienone is 2. The summed E-state index contributed by atoms with van der Waals surface area (Å²) in [6, 6.07) is 11.0. The van der Waals surface area contributed by atoms with E-state index in [9.17, 15) is 9.90 Å². The average molecular weight is 473 g/mol. The van der Waals surface area contributed by atoms with Crippen LogP contribution in [0.1, 0.15) is 23.7 Å². The van der Waals surface area contributed by atoms with Crippen molar-refractivity contribution in [2.75, 3.05) is 27.7 Å². The van der Waals surface area contributed by atoms with Gasteiger partial charge in [-0.25, -0.2) is 9.37 Å². The van der Waals surface area contributed by atoms with Gasteiger partial charge in [0.1, 0.15) is 24.8 Å². The molecule has 0 bridgehead atoms. The summed E-state index contributed by atoms with van der Waals surface area (Å²) in [7, 11) is 6.02. The van der Waals surface area contributed by atoms with Gasteiger partial charge in [-0.1, -0.05) is 0 Å². The van der Waals surface area contributed by atoms with Gasteiger partial charge in [0.15, 0.2) is 0 Å². The SMILES string of the molecule is CC[N+](C)=c1ccc2c(-c3cc(N=C=S)ccc3C(=O)O)c3c(oc-2c1)=CCC(N(C)C)=CC=3. The van der Waals surface area contributed by atoms with Crippen LogP contribution in [-0.2, 0) is 0 Å². The third-order valence-electron chi connectivity index (χ3n) is 6.10. The summed E-state index contributed by atoms with van der Waals surface area (Å²) < 4.78 is 8.53. The summed E-state index contributed by atoms with van der Waals surface area (Å²) in [6.45, 7) is 2.93. The van der Waals surface area contributed by atoms with Crippen molar-refractivity contribution >= 4 is 41.2 Å². The van der Waals surface area contributed by atoms with Crippen LogP contribution in [0, 0.1) is 0 Å². The van der Waals surface area contributed by atoms with E-state index in [1.807, 2.05) is 57.6 Å². The molecule has 6 nitrogen and oxygen atoms in total. The maximum absolute atomic E-state index is 12.2. The van der Waals surface area contributed by atoms with Gasteiger partial charge in [0.2, 0.25) is 5.36 Å². The Morgan fingerprint density at radius 3 is 2.68 bits per heavy atom. The van der Waals surface area contributed by atoms with Crippen LogP contribution >= 0.6 is 12.2 Å². The molecule has 34 heavy (non-hydrogen) atoms. The van der Waals surface area contributed by atoms with Crippen molar-refractivity contribution in [3.63, 3.8) is 0 Å². The second-order valence-electron chi connectivity index (χ2n) is 8.32. The first-order valence-electron chi connectivity index (χ1n) is 11.0. The van der Waals surface area contributed by atoms with Crippen LogP contribution < -0.4 is 20.6 Å². The molecular weight excluding hydrogens is 446 g/mol. The van der Waals surface area contributed by atoms with Gasteiger partial charge in [0.05, 0.1) is 22.5 Å². The van der Waals surface area contributed by atoms with Crippen LogP contribution in [-0.4, -0.2) is 48.8 Å². The minimum Gasteiger partial charge on any atom is -0.478 e. The van der Waals surface area contributed by atoms with Crippen LogP contribution in [0.5, 0.6) is 0 Å². The highest BCUT2D eigenvalue weighted by molar-refractivity contribution is 7.78. The van der Waals surface area contributed by atoms with Crippen molar-refractivity contribution in [2.24, 2.45) is 4.99 Å². The minimum atomic E-state index is -1.01. The maximum atomic E-state index is 12.2. The highest BCUT2D eigenvalue weighted by Gasteiger charge is 2.22. The summed E-state index contributed by atoms with van der Waals surface area (Å²) in [5.41, 5.74) is 4.71. The number of fused-ring (bicyclic) bond motifs is 2. The predicted octanol–water partition coefficient (Wildman–Crippen LogP) is 3.32. The molecule has 3 aliphatic rings. The van der Waals surface area contributed by atoms with Gasteiger partial charge in [0, 0.05) is 48.6 Å². The van der Waals surface area contributed by atoms with E-state index >= 15 is 0 Å². The zero-order chi connectivity index (χ0) is 24.4. The van der Waals surface area contributed by atoms with Crippen molar-refractivity contribution in [2.45, 2.75) is 13.3 Å². The number of benzene rings is 2. The second-order valence-corrected chi connectivity index (χ2v) is 8.50. The summed E-state index contributed by atoms with van der Waals surface area (Å²) in [6.07, 6.45) is 6.79. The number of hydrogen-bond donors (Lipinski definition) is 1. The Balaban J connectivity index is 2.21. The number of carbonyl (C=O) groups is 1. The lowest BCUT2D eigenvalue weighted by Gasteiger charge is -2.15. The van der Waals surface area contributed by atoms with E-state index in [-0.39, 0.29) is 5.56 Å². The third-order valence-corrected chi connectivity index (χ3v) is 6.19. The van der Waals surface area contributed by atoms with Gasteiger partial charge in [0.25, 0.3) is 0 Å². The van der Waals surface area contributed by atoms with Gasteiger partial charge in [-0.15, -0.1) is 0 Å². The molecule has 0 saturated heterocycles. The number of aliphatic imine (C=N–C) groups is 1. The molecule has 0 fully saturated rings. The van der Waals surface area contributed by atoms with Crippen LogP contribution in [0.4, 0.5) is 5.69 Å². The molecule has 172 valence electrons. The highest BCUT2D eigenvalue weighted by Crippen LogP contribution is 2.34. The number of aromatic carboxylic acids is 1. The molecule has 0 amide bonds. The molecule has 7 heteroatoms. The van der Waals surface area contributed by atoms with Crippen molar-refractivity contribution in [3.8, 4) is 22.5 Å². The Hall–Kier alpha value is -3.80. The van der Waals surface area contributed by atoms with Gasteiger partial charge < -0.3 is 14.4 Å². The molecule has 0 unspecified atom stereocenters. The Morgan fingerprint density at radius 2 is 2.00 bits per heavy atom. The monoisotopic (exact) mass is 472 g/mol. The van der Waals surface area contributed by atoms with Crippen LogP contribution in [0.25, 0.3) is 34.6 Å². The second kappa shape index (κ2) is 9.59. The van der Waals surface area contributed by atoms with Gasteiger partial charge in [-0.2, -0.15) is 4.99 Å². The molecule has 1 aromatic rings. The fourth-order valence-corrected chi connectivity index (χ4v) is 4.20. The van der Waals surface area contributed by atoms with Crippen molar-refractivity contribution in [3.05, 3.63) is 69.7 Å². The fraction of sp³-hybridized carbons (Fsp3) is 0.222. The number of hydrogen-bond acceptors (Lipinski definition) is 5. The van der Waals surface area contributed by atoms with E-state index < -0.39 is 5.97 Å². The van der Waals surface area contributed by atoms with E-state index in [1.165, 1.54) is 0 Å². The van der Waals surface area contributed by atoms with Crippen LogP contribution in [0.3, 0.4) is 0 Å². The smallest absolute Gasteiger partial charge is 0.336 e. The Labute approximate surface area is 203 Å². The Morgan fingerprint density at radius 1 is 1.21 bits per heavy atom. The molecule has 4 rings (SSSR count). The van der Waals surface area contributed by atoms with E-state index in [4.69, 9.17) is 16.6 Å². The summed E-state index contributed by atoms with van der Waals surface area (Å²) in [5.74, 6) is -0.329. The standard InChI is InChI=1S/C27H25N3O3S/c1-5-30(4)19-8-12-22-25(15-19)33-24-13-9-18(29(2)3)7-11-21(24)26(22)23-14-17(28-16-34)6-10-20(23)27(31)32/h6-8,10-15H,5,9H2,1-4H3/p+1. The first-order valence-corrected chi connectivity index (χ1v) is 11.4. The Kier molecular flexibility index (Phi) is 6.59. The molecule has 2 aliphatic carbocycles. The van der Waals surface area contributed by atoms with Gasteiger partial charge >= 0.3 is 5.97 Å². The number of nitrogens with zero attached hydrogens (tertiary/aromatic N) is 3. The quantitative estimate of drug-likeness (QED) is 0.351. The van der Waals surface area contributed by atoms with E-state index in [1.54, 1.807) is 18.2 Å². The molecular formula is C27H26N3O3S+. The largest absolute Gasteiger partial charge is 0.478 e. The lowest BCUT2D eigenvalue weighted by atomic mass is 9.91. The van der Waals surface area contributed by atoms with E-state index in [0.29, 0.717) is 28.8 Å². The van der Waals surface area contributed by atoms with Crippen molar-refractivity contribution in [1.82, 2.24) is 9.48 Å².